The van der Waals surface area contributed by atoms with Gasteiger partial charge in [-0.15, -0.1) is 0 Å². The fourth-order valence-electron chi connectivity index (χ4n) is 2.94. The van der Waals surface area contributed by atoms with Crippen molar-refractivity contribution in [2.45, 2.75) is 38.8 Å². The average Bonchev–Trinajstić information content (AvgIpc) is 2.88. The molecule has 5 heteroatoms. The molecular weight excluding hydrogens is 302 g/mol. The number of para-hydroxylation sites is 1. The normalized spacial score (nSPS) is 17.5. The van der Waals surface area contributed by atoms with E-state index in [4.69, 9.17) is 0 Å². The first-order valence-corrected chi connectivity index (χ1v) is 8.24. The minimum Gasteiger partial charge on any atom is -0.354 e. The van der Waals surface area contributed by atoms with Gasteiger partial charge in [0.1, 0.15) is 0 Å². The highest BCUT2D eigenvalue weighted by Gasteiger charge is 2.39. The van der Waals surface area contributed by atoms with E-state index in [2.05, 4.69) is 10.3 Å². The Balaban J connectivity index is 1.93. The summed E-state index contributed by atoms with van der Waals surface area (Å²) in [5, 5.41) is 2.97. The van der Waals surface area contributed by atoms with Gasteiger partial charge in [-0.2, -0.15) is 0 Å². The molecule has 0 unspecified atom stereocenters. The predicted molar refractivity (Wildman–Crippen MR) is 92.7 cm³/mol. The van der Waals surface area contributed by atoms with Crippen molar-refractivity contribution in [1.29, 1.82) is 0 Å². The lowest BCUT2D eigenvalue weighted by molar-refractivity contribution is -0.122. The number of nitrogens with zero attached hydrogens (tertiary/aromatic N) is 2. The fraction of sp³-hybridized carbons (Fsp3) is 0.316. The Hall–Kier alpha value is -2.69. The van der Waals surface area contributed by atoms with Gasteiger partial charge in [0.05, 0.1) is 23.7 Å². The summed E-state index contributed by atoms with van der Waals surface area (Å²) in [5.41, 5.74) is 2.02. The molecular formula is C19H21N3O2. The summed E-state index contributed by atoms with van der Waals surface area (Å²) in [6.45, 7) is 4.00. The van der Waals surface area contributed by atoms with Crippen molar-refractivity contribution >= 4 is 17.5 Å². The number of amides is 2. The minimum atomic E-state index is -0.375. The molecule has 0 fully saturated rings. The van der Waals surface area contributed by atoms with Crippen molar-refractivity contribution in [3.05, 3.63) is 59.9 Å². The molecule has 0 saturated carbocycles. The molecule has 1 aliphatic rings. The average molecular weight is 323 g/mol. The number of carbonyl (C=O) groups is 2. The van der Waals surface area contributed by atoms with Gasteiger partial charge in [-0.1, -0.05) is 25.1 Å². The van der Waals surface area contributed by atoms with E-state index in [1.807, 2.05) is 44.2 Å². The summed E-state index contributed by atoms with van der Waals surface area (Å²) < 4.78 is 0. The van der Waals surface area contributed by atoms with Crippen LogP contribution in [-0.4, -0.2) is 22.8 Å². The fourth-order valence-corrected chi connectivity index (χ4v) is 2.94. The van der Waals surface area contributed by atoms with Crippen LogP contribution in [0.25, 0.3) is 0 Å². The molecule has 3 rings (SSSR count). The maximum Gasteiger partial charge on any atom is 0.260 e. The van der Waals surface area contributed by atoms with Crippen LogP contribution in [0.2, 0.25) is 0 Å². The maximum atomic E-state index is 12.8. The second kappa shape index (κ2) is 6.83. The van der Waals surface area contributed by atoms with Gasteiger partial charge in [0.2, 0.25) is 5.91 Å². The molecule has 0 spiro atoms. The van der Waals surface area contributed by atoms with E-state index < -0.39 is 0 Å². The number of fused-ring (bicyclic) bond motifs is 1. The standard InChI is InChI=1S/C19H21N3O2/c1-3-13(2)21-17(23)12-16-18-15(10-7-11-20-18)19(24)22(16)14-8-5-4-6-9-14/h4-11,13,16H,3,12H2,1-2H3,(H,21,23)/t13-,16-/m0/s1. The van der Waals surface area contributed by atoms with E-state index in [1.165, 1.54) is 0 Å². The molecule has 2 atom stereocenters. The molecule has 0 aliphatic carbocycles. The third-order valence-electron chi connectivity index (χ3n) is 4.35. The van der Waals surface area contributed by atoms with Crippen LogP contribution < -0.4 is 10.2 Å². The van der Waals surface area contributed by atoms with Gasteiger partial charge in [-0.25, -0.2) is 0 Å². The molecule has 1 aromatic heterocycles. The van der Waals surface area contributed by atoms with Crippen LogP contribution in [0.15, 0.2) is 48.7 Å². The molecule has 124 valence electrons. The SMILES string of the molecule is CC[C@H](C)NC(=O)C[C@H]1c2ncccc2C(=O)N1c1ccccc1. The van der Waals surface area contributed by atoms with Crippen LogP contribution in [0.1, 0.15) is 48.8 Å². The van der Waals surface area contributed by atoms with E-state index in [0.29, 0.717) is 11.3 Å². The quantitative estimate of drug-likeness (QED) is 0.920. The van der Waals surface area contributed by atoms with Gasteiger partial charge in [0.15, 0.2) is 0 Å². The van der Waals surface area contributed by atoms with Crippen molar-refractivity contribution in [1.82, 2.24) is 10.3 Å². The number of benzene rings is 1. The van der Waals surface area contributed by atoms with Crippen LogP contribution in [-0.2, 0) is 4.79 Å². The second-order valence-electron chi connectivity index (χ2n) is 6.04. The Bertz CT molecular complexity index is 745. The lowest BCUT2D eigenvalue weighted by atomic mass is 10.1. The number of nitrogens with one attached hydrogen (secondary N) is 1. The minimum absolute atomic E-state index is 0.0680. The zero-order valence-corrected chi connectivity index (χ0v) is 13.9. The van der Waals surface area contributed by atoms with Gasteiger partial charge in [0.25, 0.3) is 5.91 Å². The zero-order chi connectivity index (χ0) is 17.1. The lowest BCUT2D eigenvalue weighted by Crippen LogP contribution is -2.36. The van der Waals surface area contributed by atoms with Crippen LogP contribution in [0.3, 0.4) is 0 Å². The summed E-state index contributed by atoms with van der Waals surface area (Å²) in [5.74, 6) is -0.174. The number of anilines is 1. The number of rotatable bonds is 5. The largest absolute Gasteiger partial charge is 0.354 e. The topological polar surface area (TPSA) is 62.3 Å². The third-order valence-corrected chi connectivity index (χ3v) is 4.35. The number of aromatic nitrogens is 1. The van der Waals surface area contributed by atoms with Gasteiger partial charge < -0.3 is 5.32 Å². The van der Waals surface area contributed by atoms with Gasteiger partial charge >= 0.3 is 0 Å². The molecule has 1 aromatic carbocycles. The van der Waals surface area contributed by atoms with Crippen molar-refractivity contribution in [3.8, 4) is 0 Å². The summed E-state index contributed by atoms with van der Waals surface area (Å²) in [6.07, 6.45) is 2.74. The highest BCUT2D eigenvalue weighted by molar-refractivity contribution is 6.11. The molecule has 2 amide bonds. The Morgan fingerprint density at radius 2 is 2.00 bits per heavy atom. The van der Waals surface area contributed by atoms with Gasteiger partial charge in [0, 0.05) is 17.9 Å². The summed E-state index contributed by atoms with van der Waals surface area (Å²) in [4.78, 5) is 31.3. The smallest absolute Gasteiger partial charge is 0.260 e. The highest BCUT2D eigenvalue weighted by Crippen LogP contribution is 2.38. The first-order chi connectivity index (χ1) is 11.6. The number of carbonyl (C=O) groups excluding carboxylic acids is 2. The molecule has 0 radical (unpaired) electrons. The Morgan fingerprint density at radius 1 is 1.25 bits per heavy atom. The van der Waals surface area contributed by atoms with E-state index in [9.17, 15) is 9.59 Å². The number of hydrogen-bond donors (Lipinski definition) is 1. The van der Waals surface area contributed by atoms with Gasteiger partial charge in [-0.05, 0) is 37.6 Å². The van der Waals surface area contributed by atoms with E-state index in [-0.39, 0.29) is 30.3 Å². The molecule has 1 aliphatic heterocycles. The third kappa shape index (κ3) is 3.02. The molecule has 24 heavy (non-hydrogen) atoms. The summed E-state index contributed by atoms with van der Waals surface area (Å²) >= 11 is 0. The van der Waals surface area contributed by atoms with Crippen molar-refractivity contribution in [2.24, 2.45) is 0 Å². The van der Waals surface area contributed by atoms with Crippen molar-refractivity contribution in [2.75, 3.05) is 4.90 Å². The van der Waals surface area contributed by atoms with E-state index in [0.717, 1.165) is 12.1 Å². The summed E-state index contributed by atoms with van der Waals surface area (Å²) in [6, 6.07) is 12.7. The Labute approximate surface area is 141 Å². The van der Waals surface area contributed by atoms with Crippen LogP contribution in [0.4, 0.5) is 5.69 Å². The van der Waals surface area contributed by atoms with Crippen molar-refractivity contribution < 1.29 is 9.59 Å². The van der Waals surface area contributed by atoms with E-state index in [1.54, 1.807) is 23.2 Å². The molecule has 2 heterocycles. The molecule has 0 bridgehead atoms. The second-order valence-corrected chi connectivity index (χ2v) is 6.04. The Kier molecular flexibility index (Phi) is 4.60. The van der Waals surface area contributed by atoms with Gasteiger partial charge in [-0.3, -0.25) is 19.5 Å². The first-order valence-electron chi connectivity index (χ1n) is 8.24. The van der Waals surface area contributed by atoms with Crippen LogP contribution >= 0.6 is 0 Å². The molecule has 1 N–H and O–H groups in total. The van der Waals surface area contributed by atoms with Crippen molar-refractivity contribution in [3.63, 3.8) is 0 Å². The Morgan fingerprint density at radius 3 is 2.71 bits per heavy atom. The van der Waals surface area contributed by atoms with Crippen LogP contribution in [0, 0.1) is 0 Å². The first kappa shape index (κ1) is 16.2. The van der Waals surface area contributed by atoms with E-state index >= 15 is 0 Å². The number of pyridine rings is 1. The summed E-state index contributed by atoms with van der Waals surface area (Å²) in [7, 11) is 0. The molecule has 2 aromatic rings. The van der Waals surface area contributed by atoms with Crippen LogP contribution in [0.5, 0.6) is 0 Å². The highest BCUT2D eigenvalue weighted by atomic mass is 16.2. The zero-order valence-electron chi connectivity index (χ0n) is 13.9. The lowest BCUT2D eigenvalue weighted by Gasteiger charge is -2.25. The molecule has 5 nitrogen and oxygen atoms in total. The maximum absolute atomic E-state index is 12.8. The predicted octanol–water partition coefficient (Wildman–Crippen LogP) is 3.09. The monoisotopic (exact) mass is 323 g/mol. The molecule has 0 saturated heterocycles. The number of hydrogen-bond acceptors (Lipinski definition) is 3.